The molecule has 0 unspecified atom stereocenters. The van der Waals surface area contributed by atoms with Crippen molar-refractivity contribution in [2.45, 2.75) is 45.6 Å². The van der Waals surface area contributed by atoms with Crippen molar-refractivity contribution in [1.82, 2.24) is 5.32 Å². The Bertz CT molecular complexity index is 358. The Labute approximate surface area is 108 Å². The SMILES string of the molecule is CC(C)(C)NCCCCc1cccc(F)c1Cl. The maximum absolute atomic E-state index is 13.2. The van der Waals surface area contributed by atoms with Crippen LogP contribution in [0, 0.1) is 5.82 Å². The molecule has 96 valence electrons. The summed E-state index contributed by atoms with van der Waals surface area (Å²) in [5.74, 6) is -0.322. The Morgan fingerprint density at radius 1 is 1.24 bits per heavy atom. The highest BCUT2D eigenvalue weighted by atomic mass is 35.5. The Kier molecular flexibility index (Phi) is 5.41. The first-order valence-electron chi connectivity index (χ1n) is 6.08. The van der Waals surface area contributed by atoms with Crippen molar-refractivity contribution in [3.63, 3.8) is 0 Å². The van der Waals surface area contributed by atoms with E-state index >= 15 is 0 Å². The smallest absolute Gasteiger partial charge is 0.142 e. The predicted molar refractivity (Wildman–Crippen MR) is 72.1 cm³/mol. The van der Waals surface area contributed by atoms with E-state index in [1.165, 1.54) is 6.07 Å². The van der Waals surface area contributed by atoms with Crippen LogP contribution in [0.4, 0.5) is 4.39 Å². The maximum atomic E-state index is 13.2. The quantitative estimate of drug-likeness (QED) is 0.780. The molecule has 0 aliphatic rings. The molecular weight excluding hydrogens is 237 g/mol. The van der Waals surface area contributed by atoms with Crippen LogP contribution in [0.1, 0.15) is 39.2 Å². The molecule has 0 heterocycles. The van der Waals surface area contributed by atoms with Crippen LogP contribution in [-0.4, -0.2) is 12.1 Å². The molecule has 1 nitrogen and oxygen atoms in total. The summed E-state index contributed by atoms with van der Waals surface area (Å²) in [6.45, 7) is 7.43. The lowest BCUT2D eigenvalue weighted by molar-refractivity contribution is 0.419. The van der Waals surface area contributed by atoms with Crippen molar-refractivity contribution in [2.75, 3.05) is 6.54 Å². The van der Waals surface area contributed by atoms with Crippen LogP contribution in [0.5, 0.6) is 0 Å². The standard InChI is InChI=1S/C14H21ClFN/c1-14(2,3)17-10-5-4-7-11-8-6-9-12(16)13(11)15/h6,8-9,17H,4-5,7,10H2,1-3H3. The van der Waals surface area contributed by atoms with Gasteiger partial charge in [0.2, 0.25) is 0 Å². The van der Waals surface area contributed by atoms with E-state index in [9.17, 15) is 4.39 Å². The molecule has 1 rings (SSSR count). The third-order valence-corrected chi connectivity index (χ3v) is 2.98. The van der Waals surface area contributed by atoms with Gasteiger partial charge in [0.05, 0.1) is 5.02 Å². The van der Waals surface area contributed by atoms with Gasteiger partial charge in [-0.25, -0.2) is 4.39 Å². The molecule has 0 spiro atoms. The first kappa shape index (κ1) is 14.5. The molecule has 1 N–H and O–H groups in total. The Morgan fingerprint density at radius 3 is 2.59 bits per heavy atom. The van der Waals surface area contributed by atoms with Crippen LogP contribution >= 0.6 is 11.6 Å². The summed E-state index contributed by atoms with van der Waals surface area (Å²) in [4.78, 5) is 0. The average molecular weight is 258 g/mol. The van der Waals surface area contributed by atoms with Gasteiger partial charge in [-0.3, -0.25) is 0 Å². The highest BCUT2D eigenvalue weighted by Gasteiger charge is 2.08. The number of benzene rings is 1. The van der Waals surface area contributed by atoms with Gasteiger partial charge in [0, 0.05) is 5.54 Å². The van der Waals surface area contributed by atoms with Crippen molar-refractivity contribution in [3.8, 4) is 0 Å². The van der Waals surface area contributed by atoms with E-state index in [1.54, 1.807) is 6.07 Å². The number of rotatable bonds is 5. The van der Waals surface area contributed by atoms with Gasteiger partial charge in [-0.15, -0.1) is 0 Å². The van der Waals surface area contributed by atoms with Crippen molar-refractivity contribution >= 4 is 11.6 Å². The minimum Gasteiger partial charge on any atom is -0.312 e. The van der Waals surface area contributed by atoms with Gasteiger partial charge in [-0.1, -0.05) is 23.7 Å². The number of unbranched alkanes of at least 4 members (excludes halogenated alkanes) is 1. The number of aryl methyl sites for hydroxylation is 1. The fourth-order valence-electron chi connectivity index (χ4n) is 1.65. The van der Waals surface area contributed by atoms with Gasteiger partial charge >= 0.3 is 0 Å². The predicted octanol–water partition coefficient (Wildman–Crippen LogP) is 4.19. The summed E-state index contributed by atoms with van der Waals surface area (Å²) in [6, 6.07) is 5.00. The summed E-state index contributed by atoms with van der Waals surface area (Å²) in [6.07, 6.45) is 2.93. The monoisotopic (exact) mass is 257 g/mol. The molecule has 0 radical (unpaired) electrons. The molecule has 3 heteroatoms. The van der Waals surface area contributed by atoms with E-state index in [0.717, 1.165) is 31.4 Å². The molecule has 0 bridgehead atoms. The lowest BCUT2D eigenvalue weighted by Crippen LogP contribution is -2.36. The van der Waals surface area contributed by atoms with Crippen molar-refractivity contribution in [2.24, 2.45) is 0 Å². The first-order valence-corrected chi connectivity index (χ1v) is 6.46. The first-order chi connectivity index (χ1) is 7.90. The second-order valence-corrected chi connectivity index (χ2v) is 5.72. The largest absolute Gasteiger partial charge is 0.312 e. The normalized spacial score (nSPS) is 11.8. The van der Waals surface area contributed by atoms with Gasteiger partial charge in [0.25, 0.3) is 0 Å². The Hall–Kier alpha value is -0.600. The molecule has 17 heavy (non-hydrogen) atoms. The molecule has 0 aliphatic heterocycles. The van der Waals surface area contributed by atoms with Gasteiger partial charge in [-0.2, -0.15) is 0 Å². The molecule has 0 amide bonds. The Balaban J connectivity index is 2.29. The summed E-state index contributed by atoms with van der Waals surface area (Å²) >= 11 is 5.89. The van der Waals surface area contributed by atoms with Crippen molar-refractivity contribution in [1.29, 1.82) is 0 Å². The topological polar surface area (TPSA) is 12.0 Å². The second-order valence-electron chi connectivity index (χ2n) is 5.35. The van der Waals surface area contributed by atoms with E-state index in [2.05, 4.69) is 26.1 Å². The highest BCUT2D eigenvalue weighted by molar-refractivity contribution is 6.31. The van der Waals surface area contributed by atoms with E-state index in [0.29, 0.717) is 0 Å². The minimum absolute atomic E-state index is 0.163. The average Bonchev–Trinajstić information content (AvgIpc) is 2.22. The van der Waals surface area contributed by atoms with E-state index < -0.39 is 0 Å². The summed E-state index contributed by atoms with van der Waals surface area (Å²) in [7, 11) is 0. The summed E-state index contributed by atoms with van der Waals surface area (Å²) < 4.78 is 13.2. The molecule has 0 saturated heterocycles. The molecule has 0 aromatic heterocycles. The fourth-order valence-corrected chi connectivity index (χ4v) is 1.87. The van der Waals surface area contributed by atoms with Crippen LogP contribution in [0.3, 0.4) is 0 Å². The molecule has 0 fully saturated rings. The van der Waals surface area contributed by atoms with Gasteiger partial charge < -0.3 is 5.32 Å². The molecule has 0 saturated carbocycles. The number of nitrogens with one attached hydrogen (secondary N) is 1. The zero-order valence-electron chi connectivity index (χ0n) is 10.8. The number of hydrogen-bond acceptors (Lipinski definition) is 1. The number of hydrogen-bond donors (Lipinski definition) is 1. The Morgan fingerprint density at radius 2 is 1.94 bits per heavy atom. The molecule has 1 aromatic rings. The minimum atomic E-state index is -0.322. The molecule has 1 aromatic carbocycles. The van der Waals surface area contributed by atoms with Crippen LogP contribution < -0.4 is 5.32 Å². The van der Waals surface area contributed by atoms with Crippen LogP contribution in [0.2, 0.25) is 5.02 Å². The third-order valence-electron chi connectivity index (χ3n) is 2.56. The van der Waals surface area contributed by atoms with Gasteiger partial charge in [-0.05, 0) is 58.2 Å². The van der Waals surface area contributed by atoms with E-state index in [-0.39, 0.29) is 16.4 Å². The summed E-state index contributed by atoms with van der Waals surface area (Å²) in [5.41, 5.74) is 1.07. The lowest BCUT2D eigenvalue weighted by Gasteiger charge is -2.20. The second kappa shape index (κ2) is 6.36. The lowest BCUT2D eigenvalue weighted by atomic mass is 10.1. The van der Waals surface area contributed by atoms with Crippen molar-refractivity contribution in [3.05, 3.63) is 34.6 Å². The van der Waals surface area contributed by atoms with E-state index in [4.69, 9.17) is 11.6 Å². The third kappa shape index (κ3) is 5.51. The van der Waals surface area contributed by atoms with Crippen LogP contribution in [0.15, 0.2) is 18.2 Å². The van der Waals surface area contributed by atoms with E-state index in [1.807, 2.05) is 6.07 Å². The van der Waals surface area contributed by atoms with Crippen molar-refractivity contribution < 1.29 is 4.39 Å². The number of halogens is 2. The van der Waals surface area contributed by atoms with Crippen LogP contribution in [-0.2, 0) is 6.42 Å². The highest BCUT2D eigenvalue weighted by Crippen LogP contribution is 2.21. The fraction of sp³-hybridized carbons (Fsp3) is 0.571. The zero-order valence-corrected chi connectivity index (χ0v) is 11.6. The summed E-state index contributed by atoms with van der Waals surface area (Å²) in [5, 5.41) is 3.70. The van der Waals surface area contributed by atoms with Gasteiger partial charge in [0.15, 0.2) is 0 Å². The van der Waals surface area contributed by atoms with Gasteiger partial charge in [0.1, 0.15) is 5.82 Å². The zero-order chi connectivity index (χ0) is 12.9. The molecule has 0 aliphatic carbocycles. The van der Waals surface area contributed by atoms with Crippen LogP contribution in [0.25, 0.3) is 0 Å². The molecule has 0 atom stereocenters. The maximum Gasteiger partial charge on any atom is 0.142 e. The molecular formula is C14H21ClFN.